The summed E-state index contributed by atoms with van der Waals surface area (Å²) in [5.41, 5.74) is 0.177. The number of carbonyl (C=O) groups is 1. The van der Waals surface area contributed by atoms with Crippen molar-refractivity contribution in [1.29, 1.82) is 0 Å². The fraction of sp³-hybridized carbons (Fsp3) is 0.929. The van der Waals surface area contributed by atoms with Crippen LogP contribution >= 0.6 is 0 Å². The van der Waals surface area contributed by atoms with Gasteiger partial charge in [-0.25, -0.2) is 8.42 Å². The van der Waals surface area contributed by atoms with E-state index in [1.54, 1.807) is 12.0 Å². The molecular formula is C14H25NO5S. The molecule has 0 aromatic heterocycles. The van der Waals surface area contributed by atoms with Gasteiger partial charge in [0.25, 0.3) is 0 Å². The molecule has 0 unspecified atom stereocenters. The van der Waals surface area contributed by atoms with Crippen LogP contribution in [-0.4, -0.2) is 71.3 Å². The van der Waals surface area contributed by atoms with Crippen molar-refractivity contribution < 1.29 is 22.7 Å². The standard InChI is InChI=1S/C14H25NO5S/c1-19-9-12-10-20-8-5-14(12)3-6-15(7-4-14)13(16)11-21(2,17)18/h12H,3-11H2,1-2H3/t12-/m1/s1. The van der Waals surface area contributed by atoms with Crippen molar-refractivity contribution in [2.24, 2.45) is 11.3 Å². The van der Waals surface area contributed by atoms with Crippen molar-refractivity contribution >= 4 is 15.7 Å². The predicted molar refractivity (Wildman–Crippen MR) is 78.8 cm³/mol. The SMILES string of the molecule is COC[C@@H]1COCCC12CCN(C(=O)CS(C)(=O)=O)CC2. The summed E-state index contributed by atoms with van der Waals surface area (Å²) in [6.07, 6.45) is 3.90. The number of nitrogens with zero attached hydrogens (tertiary/aromatic N) is 1. The summed E-state index contributed by atoms with van der Waals surface area (Å²) in [7, 11) is -1.56. The van der Waals surface area contributed by atoms with Gasteiger partial charge in [-0.3, -0.25) is 4.79 Å². The van der Waals surface area contributed by atoms with E-state index in [4.69, 9.17) is 9.47 Å². The van der Waals surface area contributed by atoms with Crippen LogP contribution in [0.5, 0.6) is 0 Å². The first-order valence-electron chi connectivity index (χ1n) is 7.38. The van der Waals surface area contributed by atoms with Gasteiger partial charge in [0, 0.05) is 39.0 Å². The summed E-state index contributed by atoms with van der Waals surface area (Å²) in [5, 5.41) is 0. The summed E-state index contributed by atoms with van der Waals surface area (Å²) in [6, 6.07) is 0. The molecule has 0 aromatic carbocycles. The number of methoxy groups -OCH3 is 1. The largest absolute Gasteiger partial charge is 0.384 e. The van der Waals surface area contributed by atoms with E-state index in [0.717, 1.165) is 32.1 Å². The number of carbonyl (C=O) groups excluding carboxylic acids is 1. The van der Waals surface area contributed by atoms with E-state index in [9.17, 15) is 13.2 Å². The number of sulfone groups is 1. The van der Waals surface area contributed by atoms with E-state index in [1.807, 2.05) is 0 Å². The summed E-state index contributed by atoms with van der Waals surface area (Å²) in [4.78, 5) is 13.7. The molecule has 1 atom stereocenters. The molecule has 0 radical (unpaired) electrons. The highest BCUT2D eigenvalue weighted by atomic mass is 32.2. The average molecular weight is 319 g/mol. The lowest BCUT2D eigenvalue weighted by Gasteiger charge is -2.48. The van der Waals surface area contributed by atoms with Gasteiger partial charge >= 0.3 is 0 Å². The Bertz CT molecular complexity index is 466. The van der Waals surface area contributed by atoms with Crippen LogP contribution in [0, 0.1) is 11.3 Å². The molecule has 0 bridgehead atoms. The van der Waals surface area contributed by atoms with E-state index in [-0.39, 0.29) is 17.1 Å². The zero-order chi connectivity index (χ0) is 15.5. The number of piperidine rings is 1. The van der Waals surface area contributed by atoms with Gasteiger partial charge in [0.05, 0.1) is 13.2 Å². The van der Waals surface area contributed by atoms with Gasteiger partial charge in [0.15, 0.2) is 9.84 Å². The molecule has 0 aliphatic carbocycles. The molecule has 2 saturated heterocycles. The molecule has 6 nitrogen and oxygen atoms in total. The molecule has 21 heavy (non-hydrogen) atoms. The maximum Gasteiger partial charge on any atom is 0.237 e. The van der Waals surface area contributed by atoms with Crippen molar-refractivity contribution in [1.82, 2.24) is 4.90 Å². The second-order valence-electron chi connectivity index (χ2n) is 6.29. The Kier molecular flexibility index (Phi) is 5.27. The van der Waals surface area contributed by atoms with Crippen LogP contribution in [0.2, 0.25) is 0 Å². The predicted octanol–water partition coefficient (Wildman–Crippen LogP) is 0.323. The fourth-order valence-electron chi connectivity index (χ4n) is 3.48. The van der Waals surface area contributed by atoms with Gasteiger partial charge in [0.1, 0.15) is 5.75 Å². The lowest BCUT2D eigenvalue weighted by atomic mass is 9.66. The molecule has 0 N–H and O–H groups in total. The van der Waals surface area contributed by atoms with Gasteiger partial charge in [0.2, 0.25) is 5.91 Å². The highest BCUT2D eigenvalue weighted by molar-refractivity contribution is 7.91. The van der Waals surface area contributed by atoms with Crippen LogP contribution in [0.4, 0.5) is 0 Å². The molecule has 2 aliphatic rings. The molecule has 1 spiro atoms. The Hall–Kier alpha value is -0.660. The van der Waals surface area contributed by atoms with E-state index in [1.165, 1.54) is 0 Å². The van der Waals surface area contributed by atoms with Crippen molar-refractivity contribution in [2.45, 2.75) is 19.3 Å². The van der Waals surface area contributed by atoms with Gasteiger partial charge in [-0.05, 0) is 24.7 Å². The first-order chi connectivity index (χ1) is 9.86. The zero-order valence-corrected chi connectivity index (χ0v) is 13.7. The first-order valence-corrected chi connectivity index (χ1v) is 9.44. The van der Waals surface area contributed by atoms with Crippen LogP contribution in [0.25, 0.3) is 0 Å². The monoisotopic (exact) mass is 319 g/mol. The molecule has 2 fully saturated rings. The molecule has 2 heterocycles. The van der Waals surface area contributed by atoms with Crippen LogP contribution in [-0.2, 0) is 24.1 Å². The first kappa shape index (κ1) is 16.7. The quantitative estimate of drug-likeness (QED) is 0.746. The molecule has 0 aromatic rings. The minimum atomic E-state index is -3.26. The fourth-order valence-corrected chi connectivity index (χ4v) is 4.11. The van der Waals surface area contributed by atoms with Gasteiger partial charge in [-0.1, -0.05) is 0 Å². The Labute approximate surface area is 126 Å². The van der Waals surface area contributed by atoms with Gasteiger partial charge in [-0.2, -0.15) is 0 Å². The van der Waals surface area contributed by atoms with Crippen molar-refractivity contribution in [3.63, 3.8) is 0 Å². The molecule has 122 valence electrons. The number of hydrogen-bond acceptors (Lipinski definition) is 5. The average Bonchev–Trinajstić information content (AvgIpc) is 2.41. The Morgan fingerprint density at radius 2 is 2.00 bits per heavy atom. The normalized spacial score (nSPS) is 26.0. The minimum Gasteiger partial charge on any atom is -0.384 e. The van der Waals surface area contributed by atoms with E-state index >= 15 is 0 Å². The van der Waals surface area contributed by atoms with Gasteiger partial charge in [-0.15, -0.1) is 0 Å². The number of rotatable bonds is 4. The van der Waals surface area contributed by atoms with Crippen LogP contribution in [0.3, 0.4) is 0 Å². The Morgan fingerprint density at radius 3 is 2.57 bits per heavy atom. The van der Waals surface area contributed by atoms with Crippen molar-refractivity contribution in [3.8, 4) is 0 Å². The van der Waals surface area contributed by atoms with E-state index in [0.29, 0.717) is 32.2 Å². The Morgan fingerprint density at radius 1 is 1.33 bits per heavy atom. The number of amides is 1. The summed E-state index contributed by atoms with van der Waals surface area (Å²) >= 11 is 0. The summed E-state index contributed by atoms with van der Waals surface area (Å²) in [6.45, 7) is 3.42. The molecule has 2 rings (SSSR count). The lowest BCUT2D eigenvalue weighted by Crippen LogP contribution is -2.51. The zero-order valence-electron chi connectivity index (χ0n) is 12.8. The number of ether oxygens (including phenoxy) is 2. The van der Waals surface area contributed by atoms with Crippen molar-refractivity contribution in [2.75, 3.05) is 52.0 Å². The number of likely N-dealkylation sites (tertiary alicyclic amines) is 1. The van der Waals surface area contributed by atoms with E-state index in [2.05, 4.69) is 0 Å². The summed E-state index contributed by atoms with van der Waals surface area (Å²) < 4.78 is 33.3. The molecular weight excluding hydrogens is 294 g/mol. The van der Waals surface area contributed by atoms with Crippen LogP contribution in [0.1, 0.15) is 19.3 Å². The highest BCUT2D eigenvalue weighted by Gasteiger charge is 2.44. The second kappa shape index (κ2) is 6.62. The Balaban J connectivity index is 1.96. The van der Waals surface area contributed by atoms with E-state index < -0.39 is 9.84 Å². The van der Waals surface area contributed by atoms with Crippen molar-refractivity contribution in [3.05, 3.63) is 0 Å². The highest BCUT2D eigenvalue weighted by Crippen LogP contribution is 2.44. The smallest absolute Gasteiger partial charge is 0.237 e. The third-order valence-corrected chi connectivity index (χ3v) is 5.57. The maximum atomic E-state index is 12.0. The van der Waals surface area contributed by atoms with Gasteiger partial charge < -0.3 is 14.4 Å². The summed E-state index contributed by atoms with van der Waals surface area (Å²) in [5.74, 6) is -0.295. The molecule has 7 heteroatoms. The lowest BCUT2D eigenvalue weighted by molar-refractivity contribution is -0.135. The topological polar surface area (TPSA) is 72.9 Å². The number of hydrogen-bond donors (Lipinski definition) is 0. The van der Waals surface area contributed by atoms with Crippen LogP contribution < -0.4 is 0 Å². The van der Waals surface area contributed by atoms with Crippen LogP contribution in [0.15, 0.2) is 0 Å². The third-order valence-electron chi connectivity index (χ3n) is 4.79. The molecule has 2 aliphatic heterocycles. The third kappa shape index (κ3) is 4.17. The molecule has 0 saturated carbocycles. The minimum absolute atomic E-state index is 0.177. The maximum absolute atomic E-state index is 12.0. The molecule has 1 amide bonds. The second-order valence-corrected chi connectivity index (χ2v) is 8.43.